The third-order valence-electron chi connectivity index (χ3n) is 5.38. The predicted octanol–water partition coefficient (Wildman–Crippen LogP) is 2.47. The number of aromatic nitrogens is 2. The van der Waals surface area contributed by atoms with Crippen LogP contribution < -0.4 is 5.32 Å². The van der Waals surface area contributed by atoms with E-state index in [0.29, 0.717) is 17.2 Å². The van der Waals surface area contributed by atoms with Crippen LogP contribution in [0.2, 0.25) is 0 Å². The van der Waals surface area contributed by atoms with Gasteiger partial charge in [0.15, 0.2) is 0 Å². The monoisotopic (exact) mass is 469 g/mol. The fourth-order valence-electron chi connectivity index (χ4n) is 3.98. The molecule has 0 unspecified atom stereocenters. The lowest BCUT2D eigenvalue weighted by Gasteiger charge is -2.23. The molecule has 0 aliphatic carbocycles. The lowest BCUT2D eigenvalue weighted by molar-refractivity contribution is -0.145. The van der Waals surface area contributed by atoms with E-state index < -0.39 is 28.7 Å². The van der Waals surface area contributed by atoms with Crippen LogP contribution in [-0.4, -0.2) is 72.4 Å². The van der Waals surface area contributed by atoms with Crippen LogP contribution in [0.15, 0.2) is 29.3 Å². The van der Waals surface area contributed by atoms with Crippen LogP contribution in [0.4, 0.5) is 18.9 Å². The zero-order valence-corrected chi connectivity index (χ0v) is 18.1. The van der Waals surface area contributed by atoms with Crippen molar-refractivity contribution >= 4 is 33.3 Å². The molecule has 1 aromatic carbocycles. The van der Waals surface area contributed by atoms with E-state index in [4.69, 9.17) is 0 Å². The van der Waals surface area contributed by atoms with E-state index in [2.05, 4.69) is 15.3 Å². The Morgan fingerprint density at radius 3 is 2.66 bits per heavy atom. The Morgan fingerprint density at radius 1 is 1.19 bits per heavy atom. The second-order valence-electron chi connectivity index (χ2n) is 7.76. The molecule has 0 radical (unpaired) electrons. The standard InChI is InChI=1S/C20H22F3N5O3S/c1-13-24-11-14(25-13)10-15-18-16(26-19(15)29)4-2-5-17(18)32(30,31)28-7-3-6-27(8-9-28)12-20(21,22)23/h2,4-5,10-11H,3,6-9,12H2,1H3,(H,24,25)(H,26,29)/b15-10-. The Morgan fingerprint density at radius 2 is 1.97 bits per heavy atom. The van der Waals surface area contributed by atoms with Crippen LogP contribution in [0, 0.1) is 6.92 Å². The number of nitrogens with one attached hydrogen (secondary N) is 2. The topological polar surface area (TPSA) is 98.4 Å². The minimum atomic E-state index is -4.34. The number of imidazole rings is 1. The highest BCUT2D eigenvalue weighted by atomic mass is 32.2. The predicted molar refractivity (Wildman–Crippen MR) is 112 cm³/mol. The third kappa shape index (κ3) is 4.57. The fraction of sp³-hybridized carbons (Fsp3) is 0.400. The number of benzene rings is 1. The zero-order valence-electron chi connectivity index (χ0n) is 17.2. The highest BCUT2D eigenvalue weighted by Gasteiger charge is 2.37. The lowest BCUT2D eigenvalue weighted by Crippen LogP contribution is -2.38. The van der Waals surface area contributed by atoms with Gasteiger partial charge < -0.3 is 10.3 Å². The first-order valence-corrected chi connectivity index (χ1v) is 11.5. The summed E-state index contributed by atoms with van der Waals surface area (Å²) in [7, 11) is -4.05. The van der Waals surface area contributed by atoms with Gasteiger partial charge in [0.25, 0.3) is 5.91 Å². The highest BCUT2D eigenvalue weighted by Crippen LogP contribution is 2.39. The number of sulfonamides is 1. The van der Waals surface area contributed by atoms with Crippen LogP contribution in [0.5, 0.6) is 0 Å². The van der Waals surface area contributed by atoms with Crippen molar-refractivity contribution < 1.29 is 26.4 Å². The number of hydrogen-bond acceptors (Lipinski definition) is 5. The summed E-state index contributed by atoms with van der Waals surface area (Å²) >= 11 is 0. The number of H-pyrrole nitrogens is 1. The first-order chi connectivity index (χ1) is 15.0. The molecule has 0 saturated carbocycles. The molecule has 2 N–H and O–H groups in total. The van der Waals surface area contributed by atoms with Gasteiger partial charge in [-0.05, 0) is 38.1 Å². The molecule has 1 amide bonds. The number of amides is 1. The van der Waals surface area contributed by atoms with Crippen molar-refractivity contribution in [3.8, 4) is 0 Å². The molecule has 32 heavy (non-hydrogen) atoms. The molecule has 1 fully saturated rings. The molecule has 0 spiro atoms. The molecule has 2 aliphatic heterocycles. The molecule has 12 heteroatoms. The molecule has 3 heterocycles. The largest absolute Gasteiger partial charge is 0.401 e. The number of carbonyl (C=O) groups is 1. The minimum absolute atomic E-state index is 0.0267. The molecule has 8 nitrogen and oxygen atoms in total. The third-order valence-corrected chi connectivity index (χ3v) is 7.32. The van der Waals surface area contributed by atoms with Crippen LogP contribution >= 0.6 is 0 Å². The Bertz CT molecular complexity index is 1170. The maximum atomic E-state index is 13.5. The number of hydrogen-bond donors (Lipinski definition) is 2. The number of aryl methyl sites for hydroxylation is 1. The van der Waals surface area contributed by atoms with Crippen molar-refractivity contribution in [1.82, 2.24) is 19.2 Å². The average molecular weight is 469 g/mol. The Hall–Kier alpha value is -2.70. The maximum absolute atomic E-state index is 13.5. The van der Waals surface area contributed by atoms with Crippen LogP contribution in [0.3, 0.4) is 0 Å². The van der Waals surface area contributed by atoms with Gasteiger partial charge in [0.2, 0.25) is 10.0 Å². The molecule has 0 atom stereocenters. The molecule has 172 valence electrons. The normalized spacial score (nSPS) is 19.8. The second-order valence-corrected chi connectivity index (χ2v) is 9.67. The number of anilines is 1. The number of rotatable bonds is 4. The maximum Gasteiger partial charge on any atom is 0.401 e. The summed E-state index contributed by atoms with van der Waals surface area (Å²) in [5.41, 5.74) is 1.34. The van der Waals surface area contributed by atoms with Crippen molar-refractivity contribution in [2.24, 2.45) is 0 Å². The van der Waals surface area contributed by atoms with Crippen LogP contribution in [0.1, 0.15) is 23.5 Å². The Balaban J connectivity index is 1.67. The van der Waals surface area contributed by atoms with Crippen LogP contribution in [0.25, 0.3) is 11.6 Å². The SMILES string of the molecule is Cc1ncc(/C=C2\C(=O)Nc3cccc(S(=O)(=O)N4CCCN(CC(F)(F)F)CC4)c32)[nH]1. The highest BCUT2D eigenvalue weighted by molar-refractivity contribution is 7.89. The number of carbonyl (C=O) groups excluding carboxylic acids is 1. The summed E-state index contributed by atoms with van der Waals surface area (Å²) in [5.74, 6) is 0.200. The average Bonchev–Trinajstić information content (AvgIpc) is 3.15. The van der Waals surface area contributed by atoms with Crippen molar-refractivity contribution in [2.75, 3.05) is 38.0 Å². The van der Waals surface area contributed by atoms with Gasteiger partial charge in [0.1, 0.15) is 5.82 Å². The molecule has 1 aromatic heterocycles. The van der Waals surface area contributed by atoms with E-state index in [-0.39, 0.29) is 48.6 Å². The van der Waals surface area contributed by atoms with E-state index in [9.17, 15) is 26.4 Å². The zero-order chi connectivity index (χ0) is 23.1. The van der Waals surface area contributed by atoms with E-state index in [1.54, 1.807) is 13.0 Å². The molecule has 4 rings (SSSR count). The molecule has 0 bridgehead atoms. The van der Waals surface area contributed by atoms with Gasteiger partial charge >= 0.3 is 6.18 Å². The summed E-state index contributed by atoms with van der Waals surface area (Å²) in [4.78, 5) is 20.8. The molecule has 2 aromatic rings. The smallest absolute Gasteiger partial charge is 0.343 e. The van der Waals surface area contributed by atoms with Gasteiger partial charge in [0.05, 0.1) is 34.6 Å². The molecular weight excluding hydrogens is 447 g/mol. The summed E-state index contributed by atoms with van der Waals surface area (Å²) in [6.45, 7) is 0.838. The van der Waals surface area contributed by atoms with Gasteiger partial charge in [-0.15, -0.1) is 0 Å². The quantitative estimate of drug-likeness (QED) is 0.671. The Kier molecular flexibility index (Phi) is 5.86. The number of alkyl halides is 3. The Labute approximate surface area is 183 Å². The van der Waals surface area contributed by atoms with Crippen molar-refractivity contribution in [3.63, 3.8) is 0 Å². The molecule has 2 aliphatic rings. The van der Waals surface area contributed by atoms with E-state index in [1.807, 2.05) is 0 Å². The van der Waals surface area contributed by atoms with Gasteiger partial charge in [-0.25, -0.2) is 13.4 Å². The number of aromatic amines is 1. The van der Waals surface area contributed by atoms with Crippen LogP contribution in [-0.2, 0) is 14.8 Å². The van der Waals surface area contributed by atoms with E-state index >= 15 is 0 Å². The summed E-state index contributed by atoms with van der Waals surface area (Å²) in [5, 5.41) is 2.68. The summed E-state index contributed by atoms with van der Waals surface area (Å²) in [6.07, 6.45) is -0.995. The minimum Gasteiger partial charge on any atom is -0.343 e. The second kappa shape index (κ2) is 8.34. The summed E-state index contributed by atoms with van der Waals surface area (Å²) in [6, 6.07) is 4.56. The number of nitrogens with zero attached hydrogens (tertiary/aromatic N) is 3. The first kappa shape index (κ1) is 22.5. The van der Waals surface area contributed by atoms with Crippen molar-refractivity contribution in [1.29, 1.82) is 0 Å². The molecule has 1 saturated heterocycles. The lowest BCUT2D eigenvalue weighted by atomic mass is 10.1. The van der Waals surface area contributed by atoms with Gasteiger partial charge in [0, 0.05) is 25.2 Å². The van der Waals surface area contributed by atoms with E-state index in [0.717, 1.165) is 0 Å². The van der Waals surface area contributed by atoms with Gasteiger partial charge in [-0.1, -0.05) is 6.07 Å². The number of halogens is 3. The van der Waals surface area contributed by atoms with Gasteiger partial charge in [-0.2, -0.15) is 17.5 Å². The van der Waals surface area contributed by atoms with Gasteiger partial charge in [-0.3, -0.25) is 9.69 Å². The van der Waals surface area contributed by atoms with Crippen molar-refractivity contribution in [3.05, 3.63) is 41.5 Å². The molecular formula is C20H22F3N5O3S. The summed E-state index contributed by atoms with van der Waals surface area (Å²) < 4.78 is 66.5. The first-order valence-electron chi connectivity index (χ1n) is 10.0. The van der Waals surface area contributed by atoms with E-state index in [1.165, 1.54) is 33.6 Å². The number of fused-ring (bicyclic) bond motifs is 1. The van der Waals surface area contributed by atoms with Crippen molar-refractivity contribution in [2.45, 2.75) is 24.4 Å². The fourth-order valence-corrected chi connectivity index (χ4v) is 5.67.